The van der Waals surface area contributed by atoms with Crippen LogP contribution in [0.5, 0.6) is 23.0 Å². The molecule has 0 N–H and O–H groups in total. The second-order valence-corrected chi connectivity index (χ2v) is 12.0. The fourth-order valence-corrected chi connectivity index (χ4v) is 4.95. The van der Waals surface area contributed by atoms with E-state index in [1.807, 2.05) is 12.1 Å². The van der Waals surface area contributed by atoms with Crippen LogP contribution in [-0.2, 0) is 18.9 Å². The average molecular weight is 587 g/mol. The molecular formula is C24H28IO9+. The molecule has 1 heterocycles. The summed E-state index contributed by atoms with van der Waals surface area (Å²) in [6, 6.07) is 11.0. The Morgan fingerprint density at radius 1 is 0.735 bits per heavy atom. The van der Waals surface area contributed by atoms with Crippen LogP contribution in [0.4, 0.5) is 9.59 Å². The first-order valence-electron chi connectivity index (χ1n) is 10.5. The lowest BCUT2D eigenvalue weighted by atomic mass is 10.2. The molecule has 0 fully saturated rings. The van der Waals surface area contributed by atoms with Crippen molar-refractivity contribution in [3.8, 4) is 23.0 Å². The van der Waals surface area contributed by atoms with Gasteiger partial charge in [0.05, 0.1) is 0 Å². The highest BCUT2D eigenvalue weighted by molar-refractivity contribution is 5.60. The van der Waals surface area contributed by atoms with Gasteiger partial charge in [-0.2, -0.15) is 0 Å². The SMILES string of the molecule is CC(C)(C)OC(=O)OCOc1ccc2c(c1)Oc1cc(OCOC(=O)OC(C)(C)C)ccc1[I+]2. The first-order chi connectivity index (χ1) is 15.9. The average Bonchev–Trinajstić information content (AvgIpc) is 2.69. The van der Waals surface area contributed by atoms with Crippen LogP contribution in [0.25, 0.3) is 0 Å². The van der Waals surface area contributed by atoms with Gasteiger partial charge in [-0.1, -0.05) is 0 Å². The van der Waals surface area contributed by atoms with Crippen molar-refractivity contribution in [3.05, 3.63) is 43.5 Å². The van der Waals surface area contributed by atoms with Crippen molar-refractivity contribution in [2.24, 2.45) is 0 Å². The van der Waals surface area contributed by atoms with Gasteiger partial charge in [-0.3, -0.25) is 0 Å². The maximum absolute atomic E-state index is 11.6. The zero-order valence-electron chi connectivity index (χ0n) is 19.9. The second-order valence-electron chi connectivity index (χ2n) is 9.12. The fourth-order valence-electron chi connectivity index (χ4n) is 2.54. The zero-order valence-corrected chi connectivity index (χ0v) is 22.1. The lowest BCUT2D eigenvalue weighted by Crippen LogP contribution is -3.61. The highest BCUT2D eigenvalue weighted by Gasteiger charge is 2.32. The molecule has 0 bridgehead atoms. The van der Waals surface area contributed by atoms with Crippen LogP contribution in [0.1, 0.15) is 41.5 Å². The maximum atomic E-state index is 11.6. The Labute approximate surface area is 208 Å². The van der Waals surface area contributed by atoms with Gasteiger partial charge >= 0.3 is 33.5 Å². The Morgan fingerprint density at radius 3 is 1.53 bits per heavy atom. The molecule has 1 aliphatic heterocycles. The van der Waals surface area contributed by atoms with Crippen molar-refractivity contribution in [1.29, 1.82) is 0 Å². The molecule has 0 saturated heterocycles. The lowest BCUT2D eigenvalue weighted by Gasteiger charge is -2.19. The van der Waals surface area contributed by atoms with Crippen molar-refractivity contribution in [1.82, 2.24) is 0 Å². The van der Waals surface area contributed by atoms with Gasteiger partial charge in [-0.15, -0.1) is 0 Å². The highest BCUT2D eigenvalue weighted by Crippen LogP contribution is 2.30. The summed E-state index contributed by atoms with van der Waals surface area (Å²) in [5.74, 6) is 2.32. The van der Waals surface area contributed by atoms with Gasteiger partial charge in [-0.05, 0) is 65.8 Å². The summed E-state index contributed by atoms with van der Waals surface area (Å²) < 4.78 is 39.3. The van der Waals surface area contributed by atoms with Crippen molar-refractivity contribution in [2.45, 2.75) is 52.7 Å². The van der Waals surface area contributed by atoms with Crippen molar-refractivity contribution in [2.75, 3.05) is 13.6 Å². The molecule has 0 saturated carbocycles. The van der Waals surface area contributed by atoms with Crippen LogP contribution in [0, 0.1) is 7.14 Å². The smallest absolute Gasteiger partial charge is 0.457 e. The molecule has 0 aromatic heterocycles. The quantitative estimate of drug-likeness (QED) is 0.245. The number of rotatable bonds is 6. The molecule has 3 rings (SSSR count). The first kappa shape index (κ1) is 25.7. The minimum absolute atomic E-state index is 0.283. The standard InChI is InChI=1S/C24H28IO9/c1-23(2,3)33-21(26)30-13-28-15-7-9-17-19(11-15)32-20-12-16(8-10-18(20)25-17)29-14-31-22(27)34-24(4,5)6/h7-12H,13-14H2,1-6H3/q+1. The molecule has 2 aromatic rings. The van der Waals surface area contributed by atoms with E-state index in [1.165, 1.54) is 0 Å². The molecule has 2 aromatic carbocycles. The molecule has 0 atom stereocenters. The molecule has 0 aliphatic carbocycles. The van der Waals surface area contributed by atoms with Crippen LogP contribution >= 0.6 is 0 Å². The number of benzene rings is 2. The molecule has 0 unspecified atom stereocenters. The summed E-state index contributed by atoms with van der Waals surface area (Å²) in [6.07, 6.45) is -1.60. The van der Waals surface area contributed by atoms with Gasteiger partial charge < -0.3 is 33.2 Å². The van der Waals surface area contributed by atoms with E-state index in [0.29, 0.717) is 23.0 Å². The van der Waals surface area contributed by atoms with E-state index in [2.05, 4.69) is 0 Å². The number of ether oxygens (including phenoxy) is 7. The number of halogens is 1. The van der Waals surface area contributed by atoms with Gasteiger partial charge in [-0.25, -0.2) is 9.59 Å². The summed E-state index contributed by atoms with van der Waals surface area (Å²) >= 11 is -0.478. The van der Waals surface area contributed by atoms with Gasteiger partial charge in [0.2, 0.25) is 20.7 Å². The molecule has 34 heavy (non-hydrogen) atoms. The Kier molecular flexibility index (Phi) is 8.01. The molecule has 0 radical (unpaired) electrons. The van der Waals surface area contributed by atoms with Crippen LogP contribution in [0.3, 0.4) is 0 Å². The van der Waals surface area contributed by atoms with E-state index in [4.69, 9.17) is 33.2 Å². The normalized spacial score (nSPS) is 12.4. The van der Waals surface area contributed by atoms with Crippen LogP contribution in [0.15, 0.2) is 36.4 Å². The Hall–Kier alpha value is -2.89. The minimum atomic E-state index is -0.801. The largest absolute Gasteiger partial charge is 0.511 e. The molecule has 10 heteroatoms. The minimum Gasteiger partial charge on any atom is -0.457 e. The molecule has 9 nitrogen and oxygen atoms in total. The third-order valence-electron chi connectivity index (χ3n) is 3.81. The van der Waals surface area contributed by atoms with Crippen molar-refractivity contribution >= 4 is 12.3 Å². The highest BCUT2D eigenvalue weighted by atomic mass is 127. The third-order valence-corrected chi connectivity index (χ3v) is 6.76. The topological polar surface area (TPSA) is 98.8 Å². The first-order valence-corrected chi connectivity index (χ1v) is 12.6. The van der Waals surface area contributed by atoms with Crippen LogP contribution < -0.4 is 35.4 Å². The number of fused-ring (bicyclic) bond motifs is 2. The zero-order chi connectivity index (χ0) is 24.9. The van der Waals surface area contributed by atoms with E-state index in [1.54, 1.807) is 65.8 Å². The van der Waals surface area contributed by atoms with Gasteiger partial charge in [0, 0.05) is 12.1 Å². The van der Waals surface area contributed by atoms with E-state index in [9.17, 15) is 9.59 Å². The van der Waals surface area contributed by atoms with Gasteiger partial charge in [0.25, 0.3) is 0 Å². The third kappa shape index (κ3) is 8.15. The number of hydrogen-bond donors (Lipinski definition) is 0. The monoisotopic (exact) mass is 587 g/mol. The molecule has 0 amide bonds. The van der Waals surface area contributed by atoms with Gasteiger partial charge in [0.15, 0.2) is 11.5 Å². The predicted octanol–water partition coefficient (Wildman–Crippen LogP) is 2.50. The van der Waals surface area contributed by atoms with E-state index in [0.717, 1.165) is 7.14 Å². The molecular weight excluding hydrogens is 559 g/mol. The van der Waals surface area contributed by atoms with Crippen LogP contribution in [0.2, 0.25) is 0 Å². The van der Waals surface area contributed by atoms with E-state index in [-0.39, 0.29) is 13.6 Å². The molecule has 0 spiro atoms. The summed E-state index contributed by atoms with van der Waals surface area (Å²) in [5.41, 5.74) is -1.28. The van der Waals surface area contributed by atoms with Crippen molar-refractivity contribution < 1.29 is 64.0 Å². The molecule has 1 aliphatic rings. The maximum Gasteiger partial charge on any atom is 0.511 e. The predicted molar refractivity (Wildman–Crippen MR) is 116 cm³/mol. The summed E-state index contributed by atoms with van der Waals surface area (Å²) in [4.78, 5) is 23.3. The Bertz CT molecular complexity index is 956. The summed E-state index contributed by atoms with van der Waals surface area (Å²) in [6.45, 7) is 9.94. The summed E-state index contributed by atoms with van der Waals surface area (Å²) in [7, 11) is 0. The van der Waals surface area contributed by atoms with Gasteiger partial charge in [0.1, 0.15) is 22.7 Å². The number of hydrogen-bond acceptors (Lipinski definition) is 9. The lowest BCUT2D eigenvalue weighted by molar-refractivity contribution is -0.602. The second kappa shape index (κ2) is 10.6. The molecule has 184 valence electrons. The van der Waals surface area contributed by atoms with E-state index < -0.39 is 44.7 Å². The fraction of sp³-hybridized carbons (Fsp3) is 0.417. The van der Waals surface area contributed by atoms with Crippen molar-refractivity contribution in [3.63, 3.8) is 0 Å². The Balaban J connectivity index is 1.54. The Morgan fingerprint density at radius 2 is 1.15 bits per heavy atom. The van der Waals surface area contributed by atoms with E-state index >= 15 is 0 Å². The summed E-state index contributed by atoms with van der Waals surface area (Å²) in [5, 5.41) is 0. The number of carbonyl (C=O) groups is 2. The number of carbonyl (C=O) groups excluding carboxylic acids is 2. The van der Waals surface area contributed by atoms with Crippen LogP contribution in [-0.4, -0.2) is 37.1 Å².